The number of unbranched alkanes of at least 4 members (excludes halogenated alkanes) is 1. The maximum Gasteiger partial charge on any atom is 0.282 e. The fourth-order valence-electron chi connectivity index (χ4n) is 4.84. The highest BCUT2D eigenvalue weighted by molar-refractivity contribution is 7.91. The minimum atomic E-state index is -3.53. The third-order valence-electron chi connectivity index (χ3n) is 6.89. The van der Waals surface area contributed by atoms with E-state index in [1.165, 1.54) is 0 Å². The van der Waals surface area contributed by atoms with Crippen LogP contribution in [0.3, 0.4) is 0 Å². The fraction of sp³-hybridized carbons (Fsp3) is 0.667. The number of rotatable bonds is 9. The first kappa shape index (κ1) is 23.9. The molecule has 1 saturated carbocycles. The molecule has 3 saturated heterocycles. The number of allylic oxidation sites excluding steroid dienone is 2. The molecule has 0 spiro atoms. The Kier molecular flexibility index (Phi) is 7.10. The molecule has 4 fully saturated rings. The van der Waals surface area contributed by atoms with Gasteiger partial charge in [-0.25, -0.2) is 8.42 Å². The van der Waals surface area contributed by atoms with E-state index in [2.05, 4.69) is 6.92 Å². The fourth-order valence-corrected chi connectivity index (χ4v) is 6.58. The summed E-state index contributed by atoms with van der Waals surface area (Å²) in [7, 11) is -3.53. The number of benzene rings is 1. The van der Waals surface area contributed by atoms with Crippen LogP contribution in [0.25, 0.3) is 0 Å². The molecule has 8 heteroatoms. The van der Waals surface area contributed by atoms with Crippen LogP contribution >= 0.6 is 0 Å². The van der Waals surface area contributed by atoms with Gasteiger partial charge in [0.2, 0.25) is 0 Å². The summed E-state index contributed by atoms with van der Waals surface area (Å²) in [5, 5.41) is 20.8. The van der Waals surface area contributed by atoms with Crippen molar-refractivity contribution < 1.29 is 32.8 Å². The average Bonchev–Trinajstić information content (AvgIpc) is 3.04. The zero-order valence-electron chi connectivity index (χ0n) is 18.6. The quantitative estimate of drug-likeness (QED) is 0.426. The Morgan fingerprint density at radius 3 is 2.28 bits per heavy atom. The number of aliphatic hydroxyl groups is 2. The Balaban J connectivity index is 1.27. The molecule has 0 aromatic heterocycles. The van der Waals surface area contributed by atoms with Crippen molar-refractivity contribution in [2.24, 2.45) is 17.3 Å². The van der Waals surface area contributed by atoms with E-state index in [1.54, 1.807) is 30.3 Å². The van der Waals surface area contributed by atoms with E-state index in [0.29, 0.717) is 32.7 Å². The first-order chi connectivity index (χ1) is 15.2. The lowest BCUT2D eigenvalue weighted by molar-refractivity contribution is -0.467. The molecule has 3 heterocycles. The van der Waals surface area contributed by atoms with Crippen molar-refractivity contribution in [3.63, 3.8) is 0 Å². The molecule has 4 aliphatic rings. The van der Waals surface area contributed by atoms with Gasteiger partial charge in [-0.1, -0.05) is 37.3 Å². The molecule has 3 aliphatic heterocycles. The topological polar surface area (TPSA) is 102 Å². The van der Waals surface area contributed by atoms with Crippen LogP contribution in [-0.2, 0) is 24.0 Å². The monoisotopic (exact) mass is 466 g/mol. The van der Waals surface area contributed by atoms with Gasteiger partial charge in [0.05, 0.1) is 42.7 Å². The van der Waals surface area contributed by atoms with Gasteiger partial charge in [-0.2, -0.15) is 0 Å². The van der Waals surface area contributed by atoms with Crippen LogP contribution in [0.15, 0.2) is 47.4 Å². The van der Waals surface area contributed by atoms with Crippen molar-refractivity contribution in [1.29, 1.82) is 0 Å². The molecule has 7 nitrogen and oxygen atoms in total. The number of ether oxygens (including phenoxy) is 3. The molecule has 5 rings (SSSR count). The Morgan fingerprint density at radius 1 is 1.00 bits per heavy atom. The van der Waals surface area contributed by atoms with Gasteiger partial charge in [0.1, 0.15) is 0 Å². The van der Waals surface area contributed by atoms with Crippen LogP contribution in [0.5, 0.6) is 0 Å². The summed E-state index contributed by atoms with van der Waals surface area (Å²) in [6, 6.07) is 8.28. The Morgan fingerprint density at radius 2 is 1.62 bits per heavy atom. The van der Waals surface area contributed by atoms with Gasteiger partial charge in [0, 0.05) is 17.8 Å². The first-order valence-corrected chi connectivity index (χ1v) is 13.1. The van der Waals surface area contributed by atoms with E-state index >= 15 is 0 Å². The van der Waals surface area contributed by atoms with Crippen molar-refractivity contribution in [1.82, 2.24) is 0 Å². The average molecular weight is 467 g/mol. The van der Waals surface area contributed by atoms with Gasteiger partial charge in [-0.05, 0) is 43.7 Å². The van der Waals surface area contributed by atoms with E-state index in [-0.39, 0.29) is 28.4 Å². The second kappa shape index (κ2) is 9.52. The van der Waals surface area contributed by atoms with Gasteiger partial charge in [0.25, 0.3) is 5.97 Å². The summed E-state index contributed by atoms with van der Waals surface area (Å²) in [4.78, 5) is 0.250. The van der Waals surface area contributed by atoms with E-state index in [0.717, 1.165) is 12.8 Å². The van der Waals surface area contributed by atoms with E-state index in [4.69, 9.17) is 14.2 Å². The lowest BCUT2D eigenvalue weighted by Gasteiger charge is -2.50. The predicted octanol–water partition coefficient (Wildman–Crippen LogP) is 2.67. The molecule has 1 aliphatic carbocycles. The molecule has 32 heavy (non-hydrogen) atoms. The summed E-state index contributed by atoms with van der Waals surface area (Å²) >= 11 is 0. The smallest absolute Gasteiger partial charge is 0.282 e. The normalized spacial score (nSPS) is 37.3. The number of sulfone groups is 1. The summed E-state index contributed by atoms with van der Waals surface area (Å²) < 4.78 is 42.9. The Labute approximate surface area is 190 Å². The van der Waals surface area contributed by atoms with Crippen LogP contribution in [0, 0.1) is 17.3 Å². The summed E-state index contributed by atoms with van der Waals surface area (Å²) in [5.74, 6) is -1.86. The predicted molar refractivity (Wildman–Crippen MR) is 118 cm³/mol. The third kappa shape index (κ3) is 5.26. The maximum atomic E-state index is 12.8. The van der Waals surface area contributed by atoms with Gasteiger partial charge in [-0.15, -0.1) is 0 Å². The lowest BCUT2D eigenvalue weighted by atomic mass is 9.91. The molecule has 2 bridgehead atoms. The third-order valence-corrected chi connectivity index (χ3v) is 8.70. The molecule has 1 aromatic carbocycles. The van der Waals surface area contributed by atoms with E-state index < -0.39 is 33.9 Å². The van der Waals surface area contributed by atoms with Crippen molar-refractivity contribution in [3.8, 4) is 0 Å². The Bertz CT molecular complexity index is 874. The second-order valence-corrected chi connectivity index (χ2v) is 11.8. The van der Waals surface area contributed by atoms with Crippen LogP contribution in [0.1, 0.15) is 39.0 Å². The summed E-state index contributed by atoms with van der Waals surface area (Å²) in [6.07, 6.45) is 5.49. The molecule has 0 unspecified atom stereocenters. The van der Waals surface area contributed by atoms with Crippen LogP contribution in [-0.4, -0.2) is 62.4 Å². The van der Waals surface area contributed by atoms with Crippen molar-refractivity contribution in [2.45, 2.75) is 62.1 Å². The highest BCUT2D eigenvalue weighted by Gasteiger charge is 2.49. The maximum absolute atomic E-state index is 12.8. The molecule has 0 amide bonds. The summed E-state index contributed by atoms with van der Waals surface area (Å²) in [6.45, 7) is 4.04. The minimum Gasteiger partial charge on any atom is -0.393 e. The second-order valence-electron chi connectivity index (χ2n) is 9.75. The van der Waals surface area contributed by atoms with Crippen LogP contribution in [0.4, 0.5) is 0 Å². The lowest BCUT2D eigenvalue weighted by Crippen LogP contribution is -2.58. The molecular weight excluding hydrogens is 432 g/mol. The van der Waals surface area contributed by atoms with Gasteiger partial charge >= 0.3 is 0 Å². The number of fused-ring (bicyclic) bond motifs is 3. The number of hydrogen-bond donors (Lipinski definition) is 2. The molecule has 2 N–H and O–H groups in total. The highest BCUT2D eigenvalue weighted by atomic mass is 32.2. The van der Waals surface area contributed by atoms with Crippen LogP contribution in [0.2, 0.25) is 0 Å². The molecule has 178 valence electrons. The van der Waals surface area contributed by atoms with Gasteiger partial charge in [-0.3, -0.25) is 0 Å². The van der Waals surface area contributed by atoms with Gasteiger partial charge in [0.15, 0.2) is 9.84 Å². The zero-order valence-corrected chi connectivity index (χ0v) is 19.4. The number of hydrogen-bond acceptors (Lipinski definition) is 7. The first-order valence-electron chi connectivity index (χ1n) is 11.4. The van der Waals surface area contributed by atoms with E-state index in [1.807, 2.05) is 12.2 Å². The standard InChI is InChI=1S/C24H34O7S/c1-23-15-29-24(30-16-23,31-17-23)12-8-3-2-7-11-19-20(22(26)13-21(19)25)14-32(27,28)18-9-5-4-6-10-18/h2,4-7,9-10,19-22,25-26H,3,8,11-17H2,1H3/b7-2-/t19-,20-,21+,22-,23?,24?/m1/s1. The Hall–Kier alpha value is -1.29. The van der Waals surface area contributed by atoms with Crippen molar-refractivity contribution in [2.75, 3.05) is 25.6 Å². The number of aliphatic hydroxyl groups excluding tert-OH is 2. The van der Waals surface area contributed by atoms with Crippen molar-refractivity contribution >= 4 is 9.84 Å². The largest absolute Gasteiger partial charge is 0.393 e. The molecule has 0 radical (unpaired) electrons. The molecule has 4 atom stereocenters. The zero-order chi connectivity index (χ0) is 22.8. The molecule has 1 aromatic rings. The minimum absolute atomic E-state index is 0.0428. The summed E-state index contributed by atoms with van der Waals surface area (Å²) in [5.41, 5.74) is -0.0428. The highest BCUT2D eigenvalue weighted by Crippen LogP contribution is 2.40. The van der Waals surface area contributed by atoms with Crippen molar-refractivity contribution in [3.05, 3.63) is 42.5 Å². The van der Waals surface area contributed by atoms with Gasteiger partial charge < -0.3 is 24.4 Å². The molecular formula is C24H34O7S. The van der Waals surface area contributed by atoms with Crippen LogP contribution < -0.4 is 0 Å². The van der Waals surface area contributed by atoms with E-state index in [9.17, 15) is 18.6 Å². The SMILES string of the molecule is CC12COC(CCC/C=C\C[C@@H]3[C@@H](CS(=O)(=O)c4ccccc4)[C@H](O)C[C@@H]3O)(OC1)OC2.